The molecule has 2 heterocycles. The van der Waals surface area contributed by atoms with E-state index in [1.54, 1.807) is 0 Å². The van der Waals surface area contributed by atoms with Crippen LogP contribution in [0.5, 0.6) is 0 Å². The van der Waals surface area contributed by atoms with Gasteiger partial charge in [0.2, 0.25) is 8.53 Å². The number of aliphatic imine (C=N–C) groups is 1. The Balaban J connectivity index is 2.11. The maximum atomic E-state index is 12.1. The first kappa shape index (κ1) is 21.4. The van der Waals surface area contributed by atoms with E-state index in [0.717, 1.165) is 4.57 Å². The van der Waals surface area contributed by atoms with E-state index in [4.69, 9.17) is 41.6 Å². The molecule has 1 aliphatic heterocycles. The van der Waals surface area contributed by atoms with Crippen LogP contribution in [0.2, 0.25) is 0 Å². The molecule has 13 nitrogen and oxygen atoms in total. The highest BCUT2D eigenvalue weighted by Crippen LogP contribution is 2.33. The highest BCUT2D eigenvalue weighted by molar-refractivity contribution is 7.43. The SMILES string of the molecule is NC(N)=NCCCO[C@@H]1[C@H](O)[C@@H](COP(N)O)O[C@@H]1n1ccc(N)nc1=O. The van der Waals surface area contributed by atoms with E-state index < -0.39 is 38.8 Å². The Hall–Kier alpha value is -1.86. The third-order valence-electron chi connectivity index (χ3n) is 3.72. The number of nitrogen functional groups attached to an aromatic ring is 1. The lowest BCUT2D eigenvalue weighted by atomic mass is 10.1. The molecule has 0 amide bonds. The zero-order valence-corrected chi connectivity index (χ0v) is 15.3. The Labute approximate surface area is 155 Å². The largest absolute Gasteiger partial charge is 0.387 e. The maximum absolute atomic E-state index is 12.1. The summed E-state index contributed by atoms with van der Waals surface area (Å²) in [6.07, 6.45) is -2.01. The van der Waals surface area contributed by atoms with Gasteiger partial charge in [-0.2, -0.15) is 4.98 Å². The van der Waals surface area contributed by atoms with Gasteiger partial charge >= 0.3 is 5.69 Å². The smallest absolute Gasteiger partial charge is 0.351 e. The predicted molar refractivity (Wildman–Crippen MR) is 97.1 cm³/mol. The van der Waals surface area contributed by atoms with Crippen LogP contribution in [-0.4, -0.2) is 63.6 Å². The summed E-state index contributed by atoms with van der Waals surface area (Å²) in [7, 11) is -2.12. The molecule has 10 N–H and O–H groups in total. The molecule has 152 valence electrons. The highest BCUT2D eigenvalue weighted by atomic mass is 31.2. The van der Waals surface area contributed by atoms with Crippen LogP contribution in [-0.2, 0) is 14.0 Å². The molecule has 0 bridgehead atoms. The molecular weight excluding hydrogens is 381 g/mol. The van der Waals surface area contributed by atoms with Crippen molar-refractivity contribution in [2.75, 3.05) is 25.5 Å². The third kappa shape index (κ3) is 6.07. The molecule has 1 fully saturated rings. The minimum absolute atomic E-state index is 0.0314. The molecule has 27 heavy (non-hydrogen) atoms. The summed E-state index contributed by atoms with van der Waals surface area (Å²) in [6.45, 7) is 0.364. The first-order chi connectivity index (χ1) is 12.8. The molecule has 1 aromatic heterocycles. The van der Waals surface area contributed by atoms with E-state index in [2.05, 4.69) is 9.98 Å². The molecule has 2 rings (SSSR count). The lowest BCUT2D eigenvalue weighted by Crippen LogP contribution is -2.38. The zero-order chi connectivity index (χ0) is 20.0. The normalized spacial score (nSPS) is 26.0. The summed E-state index contributed by atoms with van der Waals surface area (Å²) < 4.78 is 17.5. The molecule has 5 atom stereocenters. The average molecular weight is 405 g/mol. The van der Waals surface area contributed by atoms with E-state index >= 15 is 0 Å². The van der Waals surface area contributed by atoms with Crippen LogP contribution in [0.4, 0.5) is 5.82 Å². The lowest BCUT2D eigenvalue weighted by molar-refractivity contribution is -0.0732. The summed E-state index contributed by atoms with van der Waals surface area (Å²) in [4.78, 5) is 28.7. The summed E-state index contributed by atoms with van der Waals surface area (Å²) in [5.74, 6) is 0.0227. The van der Waals surface area contributed by atoms with Crippen molar-refractivity contribution in [3.8, 4) is 0 Å². The fourth-order valence-corrected chi connectivity index (χ4v) is 2.82. The Bertz CT molecular complexity index is 698. The number of ether oxygens (including phenoxy) is 2. The van der Waals surface area contributed by atoms with Crippen LogP contribution in [0.1, 0.15) is 12.6 Å². The molecular formula is C13H24N7O6P. The number of guanidine groups is 1. The molecule has 0 saturated carbocycles. The molecule has 1 aromatic rings. The van der Waals surface area contributed by atoms with Crippen LogP contribution in [0.25, 0.3) is 0 Å². The number of aliphatic hydroxyl groups excluding tert-OH is 1. The van der Waals surface area contributed by atoms with Gasteiger partial charge in [0.25, 0.3) is 0 Å². The highest BCUT2D eigenvalue weighted by Gasteiger charge is 2.46. The first-order valence-electron chi connectivity index (χ1n) is 8.01. The minimum atomic E-state index is -2.12. The van der Waals surface area contributed by atoms with Crippen LogP contribution in [0, 0.1) is 0 Å². The molecule has 0 aromatic carbocycles. The van der Waals surface area contributed by atoms with Gasteiger partial charge in [0.15, 0.2) is 12.2 Å². The van der Waals surface area contributed by atoms with E-state index in [1.807, 2.05) is 0 Å². The summed E-state index contributed by atoms with van der Waals surface area (Å²) >= 11 is 0. The third-order valence-corrected chi connectivity index (χ3v) is 4.13. The van der Waals surface area contributed by atoms with Crippen LogP contribution in [0.3, 0.4) is 0 Å². The second kappa shape index (κ2) is 9.90. The quantitative estimate of drug-likeness (QED) is 0.108. The van der Waals surface area contributed by atoms with E-state index in [9.17, 15) is 9.90 Å². The lowest BCUT2D eigenvalue weighted by Gasteiger charge is -2.22. The van der Waals surface area contributed by atoms with Gasteiger partial charge in [-0.25, -0.2) is 4.79 Å². The fourth-order valence-electron chi connectivity index (χ4n) is 2.52. The van der Waals surface area contributed by atoms with Crippen molar-refractivity contribution in [2.45, 2.75) is 31.0 Å². The molecule has 0 spiro atoms. The predicted octanol–water partition coefficient (Wildman–Crippen LogP) is -2.67. The number of aromatic nitrogens is 2. The monoisotopic (exact) mass is 405 g/mol. The van der Waals surface area contributed by atoms with Crippen LogP contribution in [0.15, 0.2) is 22.1 Å². The van der Waals surface area contributed by atoms with E-state index in [1.165, 1.54) is 12.3 Å². The van der Waals surface area contributed by atoms with Gasteiger partial charge in [-0.15, -0.1) is 0 Å². The molecule has 1 aliphatic rings. The van der Waals surface area contributed by atoms with Crippen molar-refractivity contribution >= 4 is 20.3 Å². The second-order valence-corrected chi connectivity index (χ2v) is 6.56. The number of hydrogen-bond acceptors (Lipinski definition) is 10. The average Bonchev–Trinajstić information content (AvgIpc) is 2.88. The number of aliphatic hydroxyl groups is 1. The number of hydrogen-bond donors (Lipinski definition) is 6. The molecule has 1 unspecified atom stereocenters. The van der Waals surface area contributed by atoms with Crippen molar-refractivity contribution in [1.29, 1.82) is 0 Å². The Morgan fingerprint density at radius 1 is 1.48 bits per heavy atom. The van der Waals surface area contributed by atoms with Crippen molar-refractivity contribution in [2.24, 2.45) is 22.0 Å². The molecule has 14 heteroatoms. The number of nitrogens with zero attached hydrogens (tertiary/aromatic N) is 3. The molecule has 1 saturated heterocycles. The summed E-state index contributed by atoms with van der Waals surface area (Å²) in [5.41, 5.74) is 20.5. The number of nitrogens with two attached hydrogens (primary N) is 4. The van der Waals surface area contributed by atoms with E-state index in [-0.39, 0.29) is 25.0 Å². The standard InChI is InChI=1S/C13H24N7O6P/c14-8-2-4-20(13(22)19-8)11-10(24-5-1-3-18-12(15)16)9(21)7(26-11)6-25-27(17)23/h2,4,7,9-11,21,23H,1,3,5-6,17H2,(H2,14,19,22)(H4,15,16,18)/t7-,9-,10-,11+,27?/m1/s1. The summed E-state index contributed by atoms with van der Waals surface area (Å²) in [6, 6.07) is 1.42. The van der Waals surface area contributed by atoms with Gasteiger partial charge in [-0.3, -0.25) is 15.1 Å². The van der Waals surface area contributed by atoms with Gasteiger partial charge in [-0.1, -0.05) is 0 Å². The molecule has 0 aliphatic carbocycles. The van der Waals surface area contributed by atoms with Crippen molar-refractivity contribution in [3.05, 3.63) is 22.7 Å². The molecule has 0 radical (unpaired) electrons. The van der Waals surface area contributed by atoms with Gasteiger partial charge in [-0.05, 0) is 12.5 Å². The first-order valence-corrected chi connectivity index (χ1v) is 9.29. The summed E-state index contributed by atoms with van der Waals surface area (Å²) in [5, 5.41) is 10.5. The van der Waals surface area contributed by atoms with Crippen molar-refractivity contribution in [1.82, 2.24) is 9.55 Å². The fraction of sp³-hybridized carbons (Fsp3) is 0.615. The topological polar surface area (TPSA) is 219 Å². The maximum Gasteiger partial charge on any atom is 0.351 e. The van der Waals surface area contributed by atoms with E-state index in [0.29, 0.717) is 13.0 Å². The zero-order valence-electron chi connectivity index (χ0n) is 14.4. The number of anilines is 1. The van der Waals surface area contributed by atoms with Gasteiger partial charge in [0.1, 0.15) is 24.1 Å². The van der Waals surface area contributed by atoms with Crippen molar-refractivity contribution in [3.63, 3.8) is 0 Å². The number of rotatable bonds is 9. The minimum Gasteiger partial charge on any atom is -0.387 e. The van der Waals surface area contributed by atoms with Crippen molar-refractivity contribution < 1.29 is 24.0 Å². The Morgan fingerprint density at radius 2 is 2.22 bits per heavy atom. The van der Waals surface area contributed by atoms with Gasteiger partial charge < -0.3 is 41.2 Å². The Kier molecular flexibility index (Phi) is 7.86. The van der Waals surface area contributed by atoms with Gasteiger partial charge in [0, 0.05) is 19.3 Å². The van der Waals surface area contributed by atoms with Crippen LogP contribution >= 0.6 is 8.53 Å². The van der Waals surface area contributed by atoms with Crippen LogP contribution < -0.4 is 28.4 Å². The second-order valence-electron chi connectivity index (χ2n) is 5.69. The Morgan fingerprint density at radius 3 is 2.85 bits per heavy atom. The van der Waals surface area contributed by atoms with Gasteiger partial charge in [0.05, 0.1) is 6.61 Å².